The van der Waals surface area contributed by atoms with Crippen molar-refractivity contribution in [2.75, 3.05) is 11.5 Å². The summed E-state index contributed by atoms with van der Waals surface area (Å²) in [6.45, 7) is 3.76. The number of fused-ring (bicyclic) bond motifs is 5. The first kappa shape index (κ1) is 13.5. The number of para-hydroxylation sites is 1. The van der Waals surface area contributed by atoms with Gasteiger partial charge in [-0.3, -0.25) is 14.5 Å². The molecule has 1 heterocycles. The average Bonchev–Trinajstić information content (AvgIpc) is 3.14. The average molecular weight is 295 g/mol. The van der Waals surface area contributed by atoms with Gasteiger partial charge in [0.15, 0.2) is 0 Å². The summed E-state index contributed by atoms with van der Waals surface area (Å²) in [6.07, 6.45) is 5.68. The molecule has 0 spiro atoms. The van der Waals surface area contributed by atoms with Crippen molar-refractivity contribution in [1.29, 1.82) is 0 Å². The van der Waals surface area contributed by atoms with Crippen LogP contribution in [0.15, 0.2) is 55.1 Å². The fourth-order valence-electron chi connectivity index (χ4n) is 4.57. The van der Waals surface area contributed by atoms with E-state index in [4.69, 9.17) is 0 Å². The second-order valence-electron chi connectivity index (χ2n) is 6.31. The Morgan fingerprint density at radius 3 is 2.09 bits per heavy atom. The molecule has 0 aromatic heterocycles. The maximum atomic E-state index is 12.9. The van der Waals surface area contributed by atoms with Gasteiger partial charge >= 0.3 is 0 Å². The molecule has 112 valence electrons. The first-order valence-corrected chi connectivity index (χ1v) is 7.51. The fraction of sp³-hybridized carbons (Fsp3) is 0.333. The standard InChI is InChI=1S/C18H17NO3/c1-2-18(10-20)12-8-9-13(18)15-14(12)16(21)19(17(15)22)11-6-4-3-5-7-11/h2-9,12-15,20H,1,10H2/t12-,13+,14+,15-,18?. The smallest absolute Gasteiger partial charge is 0.238 e. The van der Waals surface area contributed by atoms with E-state index >= 15 is 0 Å². The molecular weight excluding hydrogens is 278 g/mol. The summed E-state index contributed by atoms with van der Waals surface area (Å²) in [7, 11) is 0. The van der Waals surface area contributed by atoms with Crippen molar-refractivity contribution in [2.45, 2.75) is 0 Å². The van der Waals surface area contributed by atoms with E-state index in [1.165, 1.54) is 4.90 Å². The highest BCUT2D eigenvalue weighted by molar-refractivity contribution is 6.23. The minimum atomic E-state index is -0.566. The van der Waals surface area contributed by atoms with Crippen LogP contribution in [0.2, 0.25) is 0 Å². The number of amides is 2. The van der Waals surface area contributed by atoms with Gasteiger partial charge in [0.05, 0.1) is 24.1 Å². The molecule has 5 atom stereocenters. The lowest BCUT2D eigenvalue weighted by atomic mass is 9.75. The highest BCUT2D eigenvalue weighted by Gasteiger charge is 2.68. The van der Waals surface area contributed by atoms with E-state index in [9.17, 15) is 14.7 Å². The molecule has 4 nitrogen and oxygen atoms in total. The van der Waals surface area contributed by atoms with Crippen molar-refractivity contribution >= 4 is 17.5 Å². The maximum absolute atomic E-state index is 12.9. The number of allylic oxidation sites excluding steroid dienone is 2. The Morgan fingerprint density at radius 2 is 1.64 bits per heavy atom. The first-order valence-electron chi connectivity index (χ1n) is 7.51. The van der Waals surface area contributed by atoms with Crippen LogP contribution in [0.4, 0.5) is 5.69 Å². The van der Waals surface area contributed by atoms with Crippen LogP contribution in [0.25, 0.3) is 0 Å². The molecule has 1 aliphatic heterocycles. The number of aliphatic hydroxyl groups excluding tert-OH is 1. The number of anilines is 1. The minimum Gasteiger partial charge on any atom is -0.395 e. The van der Waals surface area contributed by atoms with Gasteiger partial charge in [0.2, 0.25) is 11.8 Å². The van der Waals surface area contributed by atoms with E-state index in [1.807, 2.05) is 30.4 Å². The highest BCUT2D eigenvalue weighted by atomic mass is 16.3. The van der Waals surface area contributed by atoms with Crippen LogP contribution in [0, 0.1) is 29.1 Å². The van der Waals surface area contributed by atoms with Gasteiger partial charge in [-0.05, 0) is 12.1 Å². The third-order valence-electron chi connectivity index (χ3n) is 5.61. The zero-order valence-electron chi connectivity index (χ0n) is 12.1. The first-order chi connectivity index (χ1) is 10.7. The Morgan fingerprint density at radius 1 is 1.09 bits per heavy atom. The molecule has 1 aromatic carbocycles. The maximum Gasteiger partial charge on any atom is 0.238 e. The zero-order valence-corrected chi connectivity index (χ0v) is 12.1. The van der Waals surface area contributed by atoms with E-state index < -0.39 is 5.41 Å². The summed E-state index contributed by atoms with van der Waals surface area (Å²) in [4.78, 5) is 27.0. The van der Waals surface area contributed by atoms with Crippen LogP contribution in [0.3, 0.4) is 0 Å². The Balaban J connectivity index is 1.78. The second-order valence-corrected chi connectivity index (χ2v) is 6.31. The van der Waals surface area contributed by atoms with Gasteiger partial charge in [0, 0.05) is 17.3 Å². The third kappa shape index (κ3) is 1.36. The second kappa shape index (κ2) is 4.40. The molecule has 1 unspecified atom stereocenters. The topological polar surface area (TPSA) is 57.6 Å². The number of carbonyl (C=O) groups excluding carboxylic acids is 2. The van der Waals surface area contributed by atoms with E-state index in [0.29, 0.717) is 5.69 Å². The lowest BCUT2D eigenvalue weighted by Crippen LogP contribution is -2.39. The van der Waals surface area contributed by atoms with Crippen LogP contribution >= 0.6 is 0 Å². The Kier molecular flexibility index (Phi) is 2.69. The molecule has 4 heteroatoms. The van der Waals surface area contributed by atoms with Gasteiger partial charge < -0.3 is 5.11 Å². The van der Waals surface area contributed by atoms with Crippen LogP contribution in [-0.4, -0.2) is 23.5 Å². The van der Waals surface area contributed by atoms with Gasteiger partial charge in [-0.2, -0.15) is 0 Å². The highest BCUT2D eigenvalue weighted by Crippen LogP contribution is 2.63. The number of benzene rings is 1. The van der Waals surface area contributed by atoms with Crippen molar-refractivity contribution in [3.63, 3.8) is 0 Å². The van der Waals surface area contributed by atoms with Gasteiger partial charge in [-0.25, -0.2) is 0 Å². The quantitative estimate of drug-likeness (QED) is 0.683. The molecule has 2 aliphatic carbocycles. The number of aliphatic hydroxyl groups is 1. The van der Waals surface area contributed by atoms with E-state index in [2.05, 4.69) is 6.58 Å². The fourth-order valence-corrected chi connectivity index (χ4v) is 4.57. The summed E-state index contributed by atoms with van der Waals surface area (Å²) in [6, 6.07) is 9.05. The van der Waals surface area contributed by atoms with Crippen molar-refractivity contribution < 1.29 is 14.7 Å². The Bertz CT molecular complexity index is 662. The number of nitrogens with zero attached hydrogens (tertiary/aromatic N) is 1. The Hall–Kier alpha value is -2.20. The van der Waals surface area contributed by atoms with Crippen molar-refractivity contribution in [2.24, 2.45) is 29.1 Å². The monoisotopic (exact) mass is 295 g/mol. The van der Waals surface area contributed by atoms with Gasteiger partial charge in [0.25, 0.3) is 0 Å². The third-order valence-corrected chi connectivity index (χ3v) is 5.61. The molecule has 22 heavy (non-hydrogen) atoms. The number of hydrogen-bond acceptors (Lipinski definition) is 3. The molecule has 2 fully saturated rings. The molecule has 1 saturated carbocycles. The molecule has 2 bridgehead atoms. The Labute approximate surface area is 128 Å². The van der Waals surface area contributed by atoms with E-state index in [1.54, 1.807) is 18.2 Å². The van der Waals surface area contributed by atoms with Crippen molar-refractivity contribution in [1.82, 2.24) is 0 Å². The lowest BCUT2D eigenvalue weighted by Gasteiger charge is -2.31. The molecule has 1 aromatic rings. The molecular formula is C18H17NO3. The van der Waals surface area contributed by atoms with Crippen molar-refractivity contribution in [3.05, 3.63) is 55.1 Å². The molecule has 0 radical (unpaired) electrons. The molecule has 2 amide bonds. The van der Waals surface area contributed by atoms with Crippen molar-refractivity contribution in [3.8, 4) is 0 Å². The van der Waals surface area contributed by atoms with Crippen LogP contribution in [0.5, 0.6) is 0 Å². The summed E-state index contributed by atoms with van der Waals surface area (Å²) in [5.74, 6) is -1.36. The number of rotatable bonds is 3. The number of imide groups is 1. The van der Waals surface area contributed by atoms with Crippen LogP contribution in [0.1, 0.15) is 0 Å². The predicted molar refractivity (Wildman–Crippen MR) is 81.8 cm³/mol. The largest absolute Gasteiger partial charge is 0.395 e. The zero-order chi connectivity index (χ0) is 15.5. The summed E-state index contributed by atoms with van der Waals surface area (Å²) in [5, 5.41) is 9.86. The summed E-state index contributed by atoms with van der Waals surface area (Å²) < 4.78 is 0. The predicted octanol–water partition coefficient (Wildman–Crippen LogP) is 1.77. The van der Waals surface area contributed by atoms with Gasteiger partial charge in [0.1, 0.15) is 0 Å². The van der Waals surface area contributed by atoms with Gasteiger partial charge in [-0.1, -0.05) is 36.4 Å². The van der Waals surface area contributed by atoms with E-state index in [0.717, 1.165) is 0 Å². The number of hydrogen-bond donors (Lipinski definition) is 1. The SMILES string of the molecule is C=CC1(CO)[C@@H]2C=C[C@H]1[C@H]1C(=O)N(c3ccccc3)C(=O)[C@H]12. The normalized spacial score (nSPS) is 38.7. The minimum absolute atomic E-state index is 0.0856. The molecule has 1 saturated heterocycles. The number of carbonyl (C=O) groups is 2. The summed E-state index contributed by atoms with van der Waals surface area (Å²) >= 11 is 0. The summed E-state index contributed by atoms with van der Waals surface area (Å²) in [5.41, 5.74) is 0.0585. The van der Waals surface area contributed by atoms with Crippen LogP contribution < -0.4 is 4.90 Å². The molecule has 3 aliphatic rings. The van der Waals surface area contributed by atoms with E-state index in [-0.39, 0.29) is 42.1 Å². The lowest BCUT2D eigenvalue weighted by molar-refractivity contribution is -0.123. The molecule has 4 rings (SSSR count). The molecule has 1 N–H and O–H groups in total. The van der Waals surface area contributed by atoms with Gasteiger partial charge in [-0.15, -0.1) is 6.58 Å². The van der Waals surface area contributed by atoms with Crippen LogP contribution in [-0.2, 0) is 9.59 Å².